The number of thiol groups is 1. The molecule has 0 radical (unpaired) electrons. The van der Waals surface area contributed by atoms with Crippen molar-refractivity contribution in [2.24, 2.45) is 5.92 Å². The van der Waals surface area contributed by atoms with E-state index in [1.807, 2.05) is 6.07 Å². The normalized spacial score (nSPS) is 12.4. The number of hydrazine groups is 1. The first-order valence-corrected chi connectivity index (χ1v) is 9.44. The van der Waals surface area contributed by atoms with Crippen LogP contribution < -0.4 is 16.1 Å². The molecule has 1 aromatic rings. The van der Waals surface area contributed by atoms with Gasteiger partial charge in [0, 0.05) is 12.8 Å². The topological polar surface area (TPSA) is 137 Å². The van der Waals surface area contributed by atoms with Crippen LogP contribution in [0.5, 0.6) is 0 Å². The number of nitrogens with one attached hydrogen (secondary N) is 3. The minimum atomic E-state index is -1.23. The van der Waals surface area contributed by atoms with E-state index in [-0.39, 0.29) is 18.3 Å². The maximum atomic E-state index is 12.3. The maximum absolute atomic E-state index is 12.3. The van der Waals surface area contributed by atoms with Crippen molar-refractivity contribution >= 4 is 36.6 Å². The molecule has 0 saturated carbocycles. The maximum Gasteiger partial charge on any atom is 0.426 e. The molecule has 10 nitrogen and oxygen atoms in total. The summed E-state index contributed by atoms with van der Waals surface area (Å²) in [4.78, 5) is 47.5. The van der Waals surface area contributed by atoms with Gasteiger partial charge in [-0.25, -0.2) is 24.8 Å². The monoisotopic (exact) mass is 426 g/mol. The zero-order valence-corrected chi connectivity index (χ0v) is 17.3. The summed E-state index contributed by atoms with van der Waals surface area (Å²) in [6.45, 7) is 3.39. The number of carbonyl (C=O) groups excluding carboxylic acids is 3. The van der Waals surface area contributed by atoms with E-state index >= 15 is 0 Å². The molecule has 0 saturated heterocycles. The van der Waals surface area contributed by atoms with E-state index in [1.54, 1.807) is 38.1 Å². The Morgan fingerprint density at radius 3 is 2.28 bits per heavy atom. The molecular weight excluding hydrogens is 400 g/mol. The van der Waals surface area contributed by atoms with Crippen molar-refractivity contribution in [2.45, 2.75) is 32.5 Å². The van der Waals surface area contributed by atoms with E-state index in [0.29, 0.717) is 0 Å². The largest absolute Gasteiger partial charge is 0.480 e. The van der Waals surface area contributed by atoms with Crippen LogP contribution in [0.2, 0.25) is 0 Å². The van der Waals surface area contributed by atoms with Crippen molar-refractivity contribution in [3.05, 3.63) is 35.9 Å². The van der Waals surface area contributed by atoms with Crippen LogP contribution in [-0.2, 0) is 20.9 Å². The van der Waals surface area contributed by atoms with Crippen LogP contribution in [0.15, 0.2) is 30.3 Å². The number of hydrogen-bond donors (Lipinski definition) is 5. The number of nitrogens with zero attached hydrogens (tertiary/aromatic N) is 1. The molecule has 4 N–H and O–H groups in total. The van der Waals surface area contributed by atoms with Crippen molar-refractivity contribution in [1.82, 2.24) is 21.1 Å². The fourth-order valence-electron chi connectivity index (χ4n) is 2.15. The predicted molar refractivity (Wildman–Crippen MR) is 108 cm³/mol. The van der Waals surface area contributed by atoms with Gasteiger partial charge in [0.2, 0.25) is 5.91 Å². The van der Waals surface area contributed by atoms with Crippen LogP contribution in [0.25, 0.3) is 0 Å². The minimum absolute atomic E-state index is 0.0272. The number of amides is 4. The van der Waals surface area contributed by atoms with Gasteiger partial charge in [0.25, 0.3) is 0 Å². The van der Waals surface area contributed by atoms with E-state index < -0.39 is 36.1 Å². The molecule has 1 unspecified atom stereocenters. The smallest absolute Gasteiger partial charge is 0.426 e. The Morgan fingerprint density at radius 1 is 1.14 bits per heavy atom. The zero-order chi connectivity index (χ0) is 22.0. The average Bonchev–Trinajstić information content (AvgIpc) is 2.68. The Labute approximate surface area is 174 Å². The first-order valence-electron chi connectivity index (χ1n) is 8.81. The second-order valence-electron chi connectivity index (χ2n) is 6.49. The van der Waals surface area contributed by atoms with Gasteiger partial charge in [0.15, 0.2) is 0 Å². The van der Waals surface area contributed by atoms with Crippen molar-refractivity contribution in [3.63, 3.8) is 0 Å². The number of benzene rings is 1. The summed E-state index contributed by atoms with van der Waals surface area (Å²) in [6.07, 6.45) is -0.849. The molecule has 0 aliphatic heterocycles. The molecule has 4 amide bonds. The minimum Gasteiger partial charge on any atom is -0.480 e. The lowest BCUT2D eigenvalue weighted by atomic mass is 10.0. The molecule has 0 aliphatic rings. The quantitative estimate of drug-likeness (QED) is 0.311. The third-order valence-electron chi connectivity index (χ3n) is 3.80. The van der Waals surface area contributed by atoms with Gasteiger partial charge in [-0.2, -0.15) is 12.6 Å². The van der Waals surface area contributed by atoms with Gasteiger partial charge in [-0.15, -0.1) is 0 Å². The average molecular weight is 426 g/mol. The fourth-order valence-corrected chi connectivity index (χ4v) is 2.40. The van der Waals surface area contributed by atoms with Gasteiger partial charge in [-0.1, -0.05) is 44.2 Å². The molecule has 0 heterocycles. The first-order chi connectivity index (χ1) is 13.6. The molecule has 2 atom stereocenters. The molecule has 0 aromatic heterocycles. The predicted octanol–water partition coefficient (Wildman–Crippen LogP) is 0.993. The number of aliphatic carboxylic acids is 1. The third kappa shape index (κ3) is 8.30. The van der Waals surface area contributed by atoms with E-state index in [9.17, 15) is 19.2 Å². The standard InChI is InChI=1S/C18H26N4O6S/c1-11(2)14(15(23)19-13(10-29)16(24)25)20-17(26)22(3)21-18(27)28-9-12-7-5-4-6-8-12/h4-8,11,13-14,29H,9-10H2,1-3H3,(H,19,23)(H,20,26)(H,21,27)(H,24,25)/t13?,14-/m0/s1. The summed E-state index contributed by atoms with van der Waals surface area (Å²) in [5, 5.41) is 14.6. The van der Waals surface area contributed by atoms with Crippen LogP contribution in [0.4, 0.5) is 9.59 Å². The van der Waals surface area contributed by atoms with E-state index in [1.165, 1.54) is 7.05 Å². The summed E-state index contributed by atoms with van der Waals surface area (Å²) < 4.78 is 5.02. The lowest BCUT2D eigenvalue weighted by Gasteiger charge is -2.26. The van der Waals surface area contributed by atoms with E-state index in [0.717, 1.165) is 10.6 Å². The number of urea groups is 1. The number of carboxylic acid groups (broad SMARTS) is 1. The molecular formula is C18H26N4O6S. The number of hydrogen-bond acceptors (Lipinski definition) is 6. The Balaban J connectivity index is 2.59. The number of ether oxygens (including phenoxy) is 1. The molecule has 0 aliphatic carbocycles. The summed E-state index contributed by atoms with van der Waals surface area (Å²) in [5.74, 6) is -2.35. The molecule has 1 rings (SSSR count). The van der Waals surface area contributed by atoms with Gasteiger partial charge in [0.05, 0.1) is 0 Å². The molecule has 0 spiro atoms. The summed E-state index contributed by atoms with van der Waals surface area (Å²) in [7, 11) is 1.28. The van der Waals surface area contributed by atoms with Gasteiger partial charge in [0.1, 0.15) is 18.7 Å². The highest BCUT2D eigenvalue weighted by Gasteiger charge is 2.29. The fraction of sp³-hybridized carbons (Fsp3) is 0.444. The highest BCUT2D eigenvalue weighted by molar-refractivity contribution is 7.80. The summed E-state index contributed by atoms with van der Waals surface area (Å²) >= 11 is 3.88. The van der Waals surface area contributed by atoms with Crippen LogP contribution in [0.1, 0.15) is 19.4 Å². The lowest BCUT2D eigenvalue weighted by molar-refractivity contribution is -0.141. The Hall–Kier alpha value is -2.95. The van der Waals surface area contributed by atoms with Crippen LogP contribution in [0, 0.1) is 5.92 Å². The van der Waals surface area contributed by atoms with Gasteiger partial charge in [-0.05, 0) is 11.5 Å². The summed E-state index contributed by atoms with van der Waals surface area (Å²) in [6, 6.07) is 6.02. The Kier molecular flexibility index (Phi) is 9.80. The van der Waals surface area contributed by atoms with E-state index in [2.05, 4.69) is 28.7 Å². The zero-order valence-electron chi connectivity index (χ0n) is 16.4. The van der Waals surface area contributed by atoms with Gasteiger partial charge >= 0.3 is 18.1 Å². The van der Waals surface area contributed by atoms with Crippen LogP contribution in [-0.4, -0.2) is 59.0 Å². The molecule has 160 valence electrons. The van der Waals surface area contributed by atoms with Crippen molar-refractivity contribution < 1.29 is 29.0 Å². The second-order valence-corrected chi connectivity index (χ2v) is 6.85. The lowest BCUT2D eigenvalue weighted by Crippen LogP contribution is -2.58. The number of carboxylic acids is 1. The Morgan fingerprint density at radius 2 is 1.76 bits per heavy atom. The molecule has 11 heteroatoms. The molecule has 1 aromatic carbocycles. The molecule has 0 bridgehead atoms. The highest BCUT2D eigenvalue weighted by atomic mass is 32.1. The van der Waals surface area contributed by atoms with Gasteiger partial charge in [-0.3, -0.25) is 4.79 Å². The SMILES string of the molecule is CC(C)[C@H](NC(=O)N(C)NC(=O)OCc1ccccc1)C(=O)NC(CS)C(=O)O. The Bertz CT molecular complexity index is 716. The second kappa shape index (κ2) is 11.8. The molecule has 29 heavy (non-hydrogen) atoms. The number of rotatable bonds is 8. The number of carbonyl (C=O) groups is 4. The molecule has 0 fully saturated rings. The first kappa shape index (κ1) is 24.1. The van der Waals surface area contributed by atoms with Gasteiger partial charge < -0.3 is 20.5 Å². The van der Waals surface area contributed by atoms with Crippen molar-refractivity contribution in [1.29, 1.82) is 0 Å². The van der Waals surface area contributed by atoms with Crippen LogP contribution in [0.3, 0.4) is 0 Å². The highest BCUT2D eigenvalue weighted by Crippen LogP contribution is 2.04. The van der Waals surface area contributed by atoms with Crippen molar-refractivity contribution in [3.8, 4) is 0 Å². The van der Waals surface area contributed by atoms with E-state index in [4.69, 9.17) is 9.84 Å². The third-order valence-corrected chi connectivity index (χ3v) is 4.17. The van der Waals surface area contributed by atoms with Crippen LogP contribution >= 0.6 is 12.6 Å². The van der Waals surface area contributed by atoms with Crippen molar-refractivity contribution in [2.75, 3.05) is 12.8 Å². The summed E-state index contributed by atoms with van der Waals surface area (Å²) in [5.41, 5.74) is 3.01.